The zero-order valence-electron chi connectivity index (χ0n) is 7.92. The predicted molar refractivity (Wildman–Crippen MR) is 46.0 cm³/mol. The first-order chi connectivity index (χ1) is 5.70. The Morgan fingerprint density at radius 2 is 2.25 bits per heavy atom. The number of rotatable bonds is 6. The quantitative estimate of drug-likeness (QED) is 0.585. The molecule has 0 aliphatic carbocycles. The van der Waals surface area contributed by atoms with E-state index in [0.29, 0.717) is 13.2 Å². The fourth-order valence-electron chi connectivity index (χ4n) is 0.728. The number of hydrogen-bond donors (Lipinski definition) is 1. The minimum Gasteiger partial charge on any atom is -0.459 e. The second-order valence-corrected chi connectivity index (χ2v) is 2.49. The Balaban J connectivity index is 3.40. The maximum atomic E-state index is 10.9. The van der Waals surface area contributed by atoms with Crippen LogP contribution in [0.1, 0.15) is 13.8 Å². The van der Waals surface area contributed by atoms with E-state index in [2.05, 4.69) is 5.32 Å². The molecule has 1 N–H and O–H groups in total. The lowest BCUT2D eigenvalue weighted by Gasteiger charge is -2.12. The summed E-state index contributed by atoms with van der Waals surface area (Å²) >= 11 is 0. The number of ether oxygens (including phenoxy) is 2. The van der Waals surface area contributed by atoms with Crippen molar-refractivity contribution in [2.24, 2.45) is 0 Å². The second kappa shape index (κ2) is 7.06. The van der Waals surface area contributed by atoms with Crippen LogP contribution in [0.15, 0.2) is 0 Å². The molecule has 0 heterocycles. The standard InChI is InChI=1S/C8H17NO3/c1-4-11-6-7(2)12-8(10)5-9-3/h7,9H,4-6H2,1-3H3. The first kappa shape index (κ1) is 11.4. The Kier molecular flexibility index (Phi) is 6.70. The Labute approximate surface area is 73.2 Å². The first-order valence-electron chi connectivity index (χ1n) is 4.12. The van der Waals surface area contributed by atoms with E-state index in [1.54, 1.807) is 7.05 Å². The molecule has 0 aliphatic rings. The maximum Gasteiger partial charge on any atom is 0.320 e. The minimum atomic E-state index is -0.246. The number of carbonyl (C=O) groups is 1. The molecule has 0 aliphatic heterocycles. The fourth-order valence-corrected chi connectivity index (χ4v) is 0.728. The maximum absolute atomic E-state index is 10.9. The van der Waals surface area contributed by atoms with Crippen LogP contribution in [0.3, 0.4) is 0 Å². The second-order valence-electron chi connectivity index (χ2n) is 2.49. The predicted octanol–water partition coefficient (Wildman–Crippen LogP) is 0.174. The zero-order chi connectivity index (χ0) is 9.40. The zero-order valence-corrected chi connectivity index (χ0v) is 7.92. The molecule has 72 valence electrons. The minimum absolute atomic E-state index is 0.161. The molecule has 0 aromatic heterocycles. The van der Waals surface area contributed by atoms with Crippen LogP contribution in [0.25, 0.3) is 0 Å². The van der Waals surface area contributed by atoms with Crippen LogP contribution in [-0.4, -0.2) is 38.9 Å². The van der Waals surface area contributed by atoms with Crippen molar-refractivity contribution >= 4 is 5.97 Å². The van der Waals surface area contributed by atoms with E-state index >= 15 is 0 Å². The van der Waals surface area contributed by atoms with Crippen molar-refractivity contribution in [2.45, 2.75) is 20.0 Å². The van der Waals surface area contributed by atoms with E-state index in [1.807, 2.05) is 13.8 Å². The SMILES string of the molecule is CCOCC(C)OC(=O)CNC. The van der Waals surface area contributed by atoms with Gasteiger partial charge < -0.3 is 14.8 Å². The topological polar surface area (TPSA) is 47.6 Å². The van der Waals surface area contributed by atoms with Crippen LogP contribution >= 0.6 is 0 Å². The molecular formula is C8H17NO3. The third-order valence-electron chi connectivity index (χ3n) is 1.21. The summed E-state index contributed by atoms with van der Waals surface area (Å²) in [5.74, 6) is -0.246. The largest absolute Gasteiger partial charge is 0.459 e. The Morgan fingerprint density at radius 3 is 2.75 bits per heavy atom. The summed E-state index contributed by atoms with van der Waals surface area (Å²) < 4.78 is 10.0. The number of nitrogens with one attached hydrogen (secondary N) is 1. The van der Waals surface area contributed by atoms with Crippen LogP contribution in [0.2, 0.25) is 0 Å². The smallest absolute Gasteiger partial charge is 0.320 e. The Morgan fingerprint density at radius 1 is 1.58 bits per heavy atom. The number of likely N-dealkylation sites (N-methyl/N-ethyl adjacent to an activating group) is 1. The van der Waals surface area contributed by atoms with Gasteiger partial charge in [0.25, 0.3) is 0 Å². The van der Waals surface area contributed by atoms with Crippen molar-refractivity contribution in [1.29, 1.82) is 0 Å². The summed E-state index contributed by atoms with van der Waals surface area (Å²) in [4.78, 5) is 10.9. The van der Waals surface area contributed by atoms with Gasteiger partial charge in [-0.25, -0.2) is 0 Å². The van der Waals surface area contributed by atoms with Crippen molar-refractivity contribution < 1.29 is 14.3 Å². The summed E-state index contributed by atoms with van der Waals surface area (Å²) in [5, 5.41) is 2.71. The van der Waals surface area contributed by atoms with Crippen molar-refractivity contribution in [3.8, 4) is 0 Å². The molecule has 0 bridgehead atoms. The average Bonchev–Trinajstić information content (AvgIpc) is 2.01. The summed E-state index contributed by atoms with van der Waals surface area (Å²) in [6, 6.07) is 0. The van der Waals surface area contributed by atoms with Gasteiger partial charge in [0.2, 0.25) is 0 Å². The van der Waals surface area contributed by atoms with E-state index in [9.17, 15) is 4.79 Å². The van der Waals surface area contributed by atoms with E-state index in [-0.39, 0.29) is 18.6 Å². The summed E-state index contributed by atoms with van der Waals surface area (Å²) in [6.45, 7) is 5.07. The normalized spacial score (nSPS) is 12.6. The van der Waals surface area contributed by atoms with E-state index < -0.39 is 0 Å². The molecule has 0 amide bonds. The molecule has 1 unspecified atom stereocenters. The Hall–Kier alpha value is -0.610. The molecule has 0 radical (unpaired) electrons. The highest BCUT2D eigenvalue weighted by molar-refractivity contribution is 5.71. The number of esters is 1. The third kappa shape index (κ3) is 6.12. The lowest BCUT2D eigenvalue weighted by atomic mass is 10.4. The summed E-state index contributed by atoms with van der Waals surface area (Å²) in [6.07, 6.45) is -0.161. The van der Waals surface area contributed by atoms with Crippen LogP contribution < -0.4 is 5.32 Å². The summed E-state index contributed by atoms with van der Waals surface area (Å²) in [7, 11) is 1.70. The molecule has 1 atom stereocenters. The van der Waals surface area contributed by atoms with E-state index in [4.69, 9.17) is 9.47 Å². The van der Waals surface area contributed by atoms with Gasteiger partial charge in [-0.2, -0.15) is 0 Å². The first-order valence-corrected chi connectivity index (χ1v) is 4.12. The van der Waals surface area contributed by atoms with Gasteiger partial charge >= 0.3 is 5.97 Å². The average molecular weight is 175 g/mol. The van der Waals surface area contributed by atoms with Gasteiger partial charge in [0.1, 0.15) is 6.10 Å². The lowest BCUT2D eigenvalue weighted by Crippen LogP contribution is -2.27. The molecule has 4 nitrogen and oxygen atoms in total. The van der Waals surface area contributed by atoms with Gasteiger partial charge in [0, 0.05) is 6.61 Å². The molecule has 0 spiro atoms. The fraction of sp³-hybridized carbons (Fsp3) is 0.875. The molecule has 12 heavy (non-hydrogen) atoms. The molecule has 0 saturated carbocycles. The van der Waals surface area contributed by atoms with Crippen molar-refractivity contribution in [2.75, 3.05) is 26.8 Å². The Bertz CT molecular complexity index is 127. The van der Waals surface area contributed by atoms with Crippen LogP contribution in [0.4, 0.5) is 0 Å². The van der Waals surface area contributed by atoms with Crippen LogP contribution in [0.5, 0.6) is 0 Å². The molecule has 0 saturated heterocycles. The summed E-state index contributed by atoms with van der Waals surface area (Å²) in [5.41, 5.74) is 0. The highest BCUT2D eigenvalue weighted by Gasteiger charge is 2.07. The molecule has 0 aromatic rings. The van der Waals surface area contributed by atoms with Crippen LogP contribution in [-0.2, 0) is 14.3 Å². The van der Waals surface area contributed by atoms with Gasteiger partial charge in [0.15, 0.2) is 0 Å². The monoisotopic (exact) mass is 175 g/mol. The van der Waals surface area contributed by atoms with Crippen molar-refractivity contribution in [1.82, 2.24) is 5.32 Å². The molecule has 0 aromatic carbocycles. The van der Waals surface area contributed by atoms with Crippen molar-refractivity contribution in [3.63, 3.8) is 0 Å². The van der Waals surface area contributed by atoms with Gasteiger partial charge in [0.05, 0.1) is 13.2 Å². The lowest BCUT2D eigenvalue weighted by molar-refractivity contribution is -0.149. The number of hydrogen-bond acceptors (Lipinski definition) is 4. The van der Waals surface area contributed by atoms with Gasteiger partial charge in [-0.15, -0.1) is 0 Å². The van der Waals surface area contributed by atoms with Gasteiger partial charge in [-0.1, -0.05) is 0 Å². The number of carbonyl (C=O) groups excluding carboxylic acids is 1. The van der Waals surface area contributed by atoms with Gasteiger partial charge in [-0.3, -0.25) is 4.79 Å². The molecular weight excluding hydrogens is 158 g/mol. The molecule has 4 heteroatoms. The molecule has 0 fully saturated rings. The van der Waals surface area contributed by atoms with E-state index in [0.717, 1.165) is 0 Å². The highest BCUT2D eigenvalue weighted by atomic mass is 16.6. The molecule has 0 rings (SSSR count). The van der Waals surface area contributed by atoms with Crippen molar-refractivity contribution in [3.05, 3.63) is 0 Å². The highest BCUT2D eigenvalue weighted by Crippen LogP contribution is 1.92. The van der Waals surface area contributed by atoms with Crippen LogP contribution in [0, 0.1) is 0 Å². The van der Waals surface area contributed by atoms with E-state index in [1.165, 1.54) is 0 Å². The third-order valence-corrected chi connectivity index (χ3v) is 1.21. The van der Waals surface area contributed by atoms with Gasteiger partial charge in [-0.05, 0) is 20.9 Å².